The lowest BCUT2D eigenvalue weighted by atomic mass is 9.99. The topological polar surface area (TPSA) is 212 Å². The molecule has 2 aliphatic rings. The summed E-state index contributed by atoms with van der Waals surface area (Å²) in [7, 11) is 4.23. The SMILES string of the molecule is COc1cc(O[C@@H]2O[C@H](CO[C@@H]3OC[C@](O)(COC(=O)/C=C/c4ccc(O)cc4)[C@H]3O)[C@@H](O)[C@H](O)[C@H]2O)cc(OC)c1OC. The summed E-state index contributed by atoms with van der Waals surface area (Å²) < 4.78 is 43.2. The Morgan fingerprint density at radius 2 is 1.61 bits per heavy atom. The Morgan fingerprint density at radius 1 is 0.955 bits per heavy atom. The Bertz CT molecular complexity index is 1260. The molecule has 15 nitrogen and oxygen atoms in total. The monoisotopic (exact) mass is 624 g/mol. The van der Waals surface area contributed by atoms with E-state index in [0.29, 0.717) is 11.3 Å². The minimum atomic E-state index is -2.01. The maximum atomic E-state index is 12.1. The van der Waals surface area contributed by atoms with Crippen LogP contribution in [0.25, 0.3) is 6.08 Å². The molecule has 0 unspecified atom stereocenters. The van der Waals surface area contributed by atoms with Gasteiger partial charge in [-0.1, -0.05) is 12.1 Å². The minimum absolute atomic E-state index is 0.0704. The van der Waals surface area contributed by atoms with E-state index in [1.807, 2.05) is 0 Å². The van der Waals surface area contributed by atoms with Crippen molar-refractivity contribution in [3.63, 3.8) is 0 Å². The largest absolute Gasteiger partial charge is 0.508 e. The fourth-order valence-corrected chi connectivity index (χ4v) is 4.52. The van der Waals surface area contributed by atoms with Crippen molar-refractivity contribution in [3.05, 3.63) is 48.0 Å². The van der Waals surface area contributed by atoms with Crippen LogP contribution in [-0.4, -0.2) is 126 Å². The number of rotatable bonds is 12. The number of benzene rings is 2. The average molecular weight is 625 g/mol. The maximum absolute atomic E-state index is 12.1. The van der Waals surface area contributed by atoms with Crippen molar-refractivity contribution in [1.29, 1.82) is 0 Å². The van der Waals surface area contributed by atoms with Crippen LogP contribution < -0.4 is 18.9 Å². The number of ether oxygens (including phenoxy) is 8. The van der Waals surface area contributed by atoms with Crippen molar-refractivity contribution in [2.24, 2.45) is 0 Å². The van der Waals surface area contributed by atoms with Gasteiger partial charge in [0.2, 0.25) is 12.0 Å². The molecular weight excluding hydrogens is 588 g/mol. The van der Waals surface area contributed by atoms with Gasteiger partial charge in [0.05, 0.1) is 34.5 Å². The first kappa shape index (κ1) is 33.2. The van der Waals surface area contributed by atoms with Gasteiger partial charge in [0.1, 0.15) is 48.6 Å². The van der Waals surface area contributed by atoms with Crippen LogP contribution in [0.4, 0.5) is 0 Å². The summed E-state index contributed by atoms with van der Waals surface area (Å²) in [5.41, 5.74) is -1.39. The predicted octanol–water partition coefficient (Wildman–Crippen LogP) is -0.674. The minimum Gasteiger partial charge on any atom is -0.508 e. The Hall–Kier alpha value is -3.67. The third-order valence-electron chi connectivity index (χ3n) is 7.06. The van der Waals surface area contributed by atoms with Gasteiger partial charge in [0.25, 0.3) is 0 Å². The molecule has 2 saturated heterocycles. The molecule has 0 saturated carbocycles. The summed E-state index contributed by atoms with van der Waals surface area (Å²) in [5.74, 6) is 0.204. The van der Waals surface area contributed by atoms with Crippen LogP contribution in [0, 0.1) is 0 Å². The van der Waals surface area contributed by atoms with Crippen molar-refractivity contribution >= 4 is 12.0 Å². The van der Waals surface area contributed by atoms with Gasteiger partial charge in [-0.25, -0.2) is 4.79 Å². The Balaban J connectivity index is 1.33. The quantitative estimate of drug-likeness (QED) is 0.128. The fourth-order valence-electron chi connectivity index (χ4n) is 4.52. The molecule has 2 aromatic rings. The summed E-state index contributed by atoms with van der Waals surface area (Å²) in [6.07, 6.45) is -8.27. The van der Waals surface area contributed by atoms with E-state index in [1.165, 1.54) is 51.7 Å². The molecule has 0 spiro atoms. The van der Waals surface area contributed by atoms with E-state index < -0.39 is 74.5 Å². The van der Waals surface area contributed by atoms with E-state index in [1.54, 1.807) is 12.1 Å². The number of methoxy groups -OCH3 is 3. The first-order valence-corrected chi connectivity index (χ1v) is 13.4. The summed E-state index contributed by atoms with van der Waals surface area (Å²) in [6, 6.07) is 8.95. The third-order valence-corrected chi connectivity index (χ3v) is 7.06. The second-order valence-corrected chi connectivity index (χ2v) is 10.1. The molecule has 242 valence electrons. The van der Waals surface area contributed by atoms with E-state index >= 15 is 0 Å². The molecule has 2 aliphatic heterocycles. The maximum Gasteiger partial charge on any atom is 0.330 e. The van der Waals surface area contributed by atoms with Crippen molar-refractivity contribution in [3.8, 4) is 28.7 Å². The highest BCUT2D eigenvalue weighted by Gasteiger charge is 2.51. The lowest BCUT2D eigenvalue weighted by Crippen LogP contribution is -2.60. The number of aliphatic hydroxyl groups excluding tert-OH is 4. The number of carbonyl (C=O) groups is 1. The first-order valence-electron chi connectivity index (χ1n) is 13.4. The van der Waals surface area contributed by atoms with E-state index in [0.717, 1.165) is 6.08 Å². The number of hydrogen-bond acceptors (Lipinski definition) is 15. The van der Waals surface area contributed by atoms with E-state index in [9.17, 15) is 35.4 Å². The van der Waals surface area contributed by atoms with Crippen LogP contribution in [0.5, 0.6) is 28.7 Å². The zero-order valence-corrected chi connectivity index (χ0v) is 24.1. The molecule has 4 rings (SSSR count). The molecule has 0 radical (unpaired) electrons. The molecule has 8 atom stereocenters. The van der Waals surface area contributed by atoms with Gasteiger partial charge < -0.3 is 68.5 Å². The molecule has 2 heterocycles. The standard InChI is InChI=1S/C29H36O15/c1-37-18-10-17(11-19(38-2)25(18)39-3)43-27-24(34)23(33)22(32)20(44-27)12-40-28-26(35)29(36,14-42-28)13-41-21(31)9-6-15-4-7-16(30)8-5-15/h4-11,20,22-24,26-28,30,32-36H,12-14H2,1-3H3/b9-6+/t20-,22-,23+,24-,26+,27-,28-,29-/m1/s1. The fraction of sp³-hybridized carbons (Fsp3) is 0.483. The van der Waals surface area contributed by atoms with Crippen LogP contribution in [0.3, 0.4) is 0 Å². The lowest BCUT2D eigenvalue weighted by Gasteiger charge is -2.40. The van der Waals surface area contributed by atoms with E-state index in [4.69, 9.17) is 37.9 Å². The molecule has 0 aromatic heterocycles. The van der Waals surface area contributed by atoms with Crippen LogP contribution in [0.1, 0.15) is 5.56 Å². The summed E-state index contributed by atoms with van der Waals surface area (Å²) >= 11 is 0. The van der Waals surface area contributed by atoms with Gasteiger partial charge in [-0.05, 0) is 23.8 Å². The van der Waals surface area contributed by atoms with E-state index in [-0.39, 0.29) is 23.0 Å². The van der Waals surface area contributed by atoms with Crippen molar-refractivity contribution in [2.75, 3.05) is 41.2 Å². The van der Waals surface area contributed by atoms with Gasteiger partial charge in [-0.3, -0.25) is 0 Å². The van der Waals surface area contributed by atoms with Gasteiger partial charge in [-0.2, -0.15) is 0 Å². The number of phenolic OH excluding ortho intramolecular Hbond substituents is 1. The van der Waals surface area contributed by atoms with Gasteiger partial charge in [-0.15, -0.1) is 0 Å². The number of esters is 1. The second kappa shape index (κ2) is 14.4. The van der Waals surface area contributed by atoms with Crippen molar-refractivity contribution < 1.29 is 73.3 Å². The predicted molar refractivity (Wildman–Crippen MR) is 148 cm³/mol. The molecule has 2 aromatic carbocycles. The number of aliphatic hydroxyl groups is 5. The summed E-state index contributed by atoms with van der Waals surface area (Å²) in [4.78, 5) is 12.1. The number of aromatic hydroxyl groups is 1. The van der Waals surface area contributed by atoms with Gasteiger partial charge in [0.15, 0.2) is 23.4 Å². The first-order chi connectivity index (χ1) is 21.0. The molecule has 6 N–H and O–H groups in total. The highest BCUT2D eigenvalue weighted by molar-refractivity contribution is 5.87. The highest BCUT2D eigenvalue weighted by Crippen LogP contribution is 2.41. The van der Waals surface area contributed by atoms with Crippen LogP contribution in [0.15, 0.2) is 42.5 Å². The van der Waals surface area contributed by atoms with Crippen LogP contribution in [-0.2, 0) is 23.7 Å². The molecule has 0 amide bonds. The lowest BCUT2D eigenvalue weighted by molar-refractivity contribution is -0.289. The number of hydrogen-bond donors (Lipinski definition) is 6. The Labute approximate surface area is 252 Å². The molecule has 0 bridgehead atoms. The second-order valence-electron chi connectivity index (χ2n) is 10.1. The normalized spacial score (nSPS) is 30.2. The highest BCUT2D eigenvalue weighted by atomic mass is 16.7. The Kier molecular flexibility index (Phi) is 10.9. The number of carbonyl (C=O) groups excluding carboxylic acids is 1. The summed E-state index contributed by atoms with van der Waals surface area (Å²) in [5, 5.41) is 62.2. The zero-order chi connectivity index (χ0) is 32.0. The third kappa shape index (κ3) is 7.51. The molecule has 2 fully saturated rings. The van der Waals surface area contributed by atoms with Crippen molar-refractivity contribution in [1.82, 2.24) is 0 Å². The van der Waals surface area contributed by atoms with Gasteiger partial charge >= 0.3 is 5.97 Å². The van der Waals surface area contributed by atoms with Crippen molar-refractivity contribution in [2.45, 2.75) is 48.7 Å². The summed E-state index contributed by atoms with van der Waals surface area (Å²) in [6.45, 7) is -1.53. The molecule has 44 heavy (non-hydrogen) atoms. The molecule has 0 aliphatic carbocycles. The number of phenols is 1. The van der Waals surface area contributed by atoms with Gasteiger partial charge in [0, 0.05) is 18.2 Å². The molecule has 15 heteroatoms. The van der Waals surface area contributed by atoms with Crippen LogP contribution in [0.2, 0.25) is 0 Å². The zero-order valence-electron chi connectivity index (χ0n) is 24.1. The van der Waals surface area contributed by atoms with E-state index in [2.05, 4.69) is 0 Å². The Morgan fingerprint density at radius 3 is 2.23 bits per heavy atom. The average Bonchev–Trinajstić information content (AvgIpc) is 3.31. The molecular formula is C29H36O15. The smallest absolute Gasteiger partial charge is 0.330 e. The van der Waals surface area contributed by atoms with Crippen LogP contribution >= 0.6 is 0 Å².